The molecule has 0 atom stereocenters. The maximum absolute atomic E-state index is 12.0. The molecule has 0 unspecified atom stereocenters. The van der Waals surface area contributed by atoms with E-state index in [1.54, 1.807) is 13.4 Å². The van der Waals surface area contributed by atoms with E-state index in [9.17, 15) is 8.42 Å². The van der Waals surface area contributed by atoms with Gasteiger partial charge in [-0.25, -0.2) is 23.4 Å². The summed E-state index contributed by atoms with van der Waals surface area (Å²) in [6.45, 7) is 0. The van der Waals surface area contributed by atoms with Crippen LogP contribution in [0.4, 0.5) is 0 Å². The van der Waals surface area contributed by atoms with Crippen LogP contribution in [0.3, 0.4) is 0 Å². The molecule has 0 aliphatic rings. The van der Waals surface area contributed by atoms with Crippen molar-refractivity contribution >= 4 is 31.4 Å². The molecule has 0 bridgehead atoms. The Morgan fingerprint density at radius 2 is 1.85 bits per heavy atom. The Balaban J connectivity index is 1.91. The van der Waals surface area contributed by atoms with Crippen molar-refractivity contribution in [2.24, 2.45) is 7.05 Å². The predicted octanol–water partition coefficient (Wildman–Crippen LogP) is 3.17. The third-order valence-corrected chi connectivity index (χ3v) is 6.26. The number of aryl methyl sites for hydroxylation is 1. The van der Waals surface area contributed by atoms with Crippen LogP contribution in [-0.4, -0.2) is 41.3 Å². The number of methoxy groups -OCH3 is 1. The third kappa shape index (κ3) is 3.08. The first-order chi connectivity index (χ1) is 12.9. The number of fused-ring (bicyclic) bond motifs is 1. The van der Waals surface area contributed by atoms with Crippen LogP contribution in [0.2, 0.25) is 0 Å². The van der Waals surface area contributed by atoms with Gasteiger partial charge in [0.1, 0.15) is 16.9 Å². The molecule has 4 aromatic rings. The van der Waals surface area contributed by atoms with Crippen LogP contribution < -0.4 is 4.74 Å². The minimum absolute atomic E-state index is 0.0446. The molecule has 0 spiro atoms. The molecule has 0 aliphatic heterocycles. The van der Waals surface area contributed by atoms with Crippen LogP contribution in [0.25, 0.3) is 32.0 Å². The van der Waals surface area contributed by atoms with Gasteiger partial charge in [0, 0.05) is 24.3 Å². The second kappa shape index (κ2) is 6.43. The Morgan fingerprint density at radius 3 is 2.52 bits per heavy atom. The molecule has 0 radical (unpaired) electrons. The summed E-state index contributed by atoms with van der Waals surface area (Å²) in [6.07, 6.45) is 4.17. The summed E-state index contributed by atoms with van der Waals surface area (Å²) in [5.74, 6) is 0.770. The molecule has 4 rings (SSSR count). The number of hydrogen-bond donors (Lipinski definition) is 0. The second-order valence-corrected chi connectivity index (χ2v) is 9.02. The highest BCUT2D eigenvalue weighted by Gasteiger charge is 2.20. The number of aromatic nitrogens is 4. The summed E-state index contributed by atoms with van der Waals surface area (Å²) in [7, 11) is 0.0837. The average molecular weight is 400 g/mol. The first-order valence-corrected chi connectivity index (χ1v) is 10.7. The van der Waals surface area contributed by atoms with Crippen molar-refractivity contribution in [2.45, 2.75) is 5.03 Å². The van der Waals surface area contributed by atoms with Crippen molar-refractivity contribution in [1.29, 1.82) is 0 Å². The molecule has 7 nitrogen and oxygen atoms in total. The zero-order chi connectivity index (χ0) is 19.2. The number of thiophene rings is 1. The SMILES string of the molecule is COc1ccc(-c2ncn(C)c2-c2cc3c(S(C)(=O)=O)ncnc3s2)cc1. The van der Waals surface area contributed by atoms with E-state index in [1.807, 2.05) is 41.9 Å². The molecule has 9 heteroatoms. The quantitative estimate of drug-likeness (QED) is 0.489. The molecular formula is C18H16N4O3S2. The van der Waals surface area contributed by atoms with Crippen LogP contribution in [0.1, 0.15) is 0 Å². The van der Waals surface area contributed by atoms with Gasteiger partial charge in [0.25, 0.3) is 0 Å². The minimum Gasteiger partial charge on any atom is -0.497 e. The van der Waals surface area contributed by atoms with Crippen molar-refractivity contribution in [1.82, 2.24) is 19.5 Å². The van der Waals surface area contributed by atoms with E-state index >= 15 is 0 Å². The van der Waals surface area contributed by atoms with Gasteiger partial charge in [-0.15, -0.1) is 11.3 Å². The van der Waals surface area contributed by atoms with E-state index < -0.39 is 9.84 Å². The van der Waals surface area contributed by atoms with Gasteiger partial charge in [0.05, 0.1) is 29.7 Å². The largest absolute Gasteiger partial charge is 0.497 e. The molecule has 27 heavy (non-hydrogen) atoms. The monoisotopic (exact) mass is 400 g/mol. The number of hydrogen-bond acceptors (Lipinski definition) is 7. The molecule has 1 aromatic carbocycles. The van der Waals surface area contributed by atoms with Crippen LogP contribution in [-0.2, 0) is 16.9 Å². The number of imidazole rings is 1. The summed E-state index contributed by atoms with van der Waals surface area (Å²) >= 11 is 1.41. The fourth-order valence-electron chi connectivity index (χ4n) is 2.93. The number of rotatable bonds is 4. The predicted molar refractivity (Wildman–Crippen MR) is 105 cm³/mol. The highest BCUT2D eigenvalue weighted by Crippen LogP contribution is 2.39. The van der Waals surface area contributed by atoms with Crippen molar-refractivity contribution in [3.63, 3.8) is 0 Å². The second-order valence-electron chi connectivity index (χ2n) is 6.06. The van der Waals surface area contributed by atoms with Gasteiger partial charge in [-0.05, 0) is 30.3 Å². The minimum atomic E-state index is -3.45. The van der Waals surface area contributed by atoms with E-state index in [-0.39, 0.29) is 5.03 Å². The van der Waals surface area contributed by atoms with Crippen molar-refractivity contribution in [3.05, 3.63) is 43.0 Å². The number of sulfone groups is 1. The highest BCUT2D eigenvalue weighted by molar-refractivity contribution is 7.90. The molecule has 3 heterocycles. The normalized spacial score (nSPS) is 11.8. The zero-order valence-corrected chi connectivity index (χ0v) is 16.5. The van der Waals surface area contributed by atoms with Gasteiger partial charge < -0.3 is 9.30 Å². The summed E-state index contributed by atoms with van der Waals surface area (Å²) in [4.78, 5) is 14.2. The Morgan fingerprint density at radius 1 is 1.11 bits per heavy atom. The highest BCUT2D eigenvalue weighted by atomic mass is 32.2. The number of benzene rings is 1. The van der Waals surface area contributed by atoms with Gasteiger partial charge in [-0.3, -0.25) is 0 Å². The van der Waals surface area contributed by atoms with Crippen LogP contribution in [0.15, 0.2) is 48.0 Å². The molecule has 0 saturated heterocycles. The standard InChI is InChI=1S/C18H16N4O3S2/c1-22-10-21-15(11-4-6-12(25-2)7-5-11)16(22)14-8-13-17(26-14)19-9-20-18(13)27(3,23)24/h4-10H,1-3H3. The summed E-state index contributed by atoms with van der Waals surface area (Å²) < 4.78 is 31.2. The first kappa shape index (κ1) is 17.6. The molecule has 0 aliphatic carbocycles. The third-order valence-electron chi connectivity index (χ3n) is 4.18. The van der Waals surface area contributed by atoms with Crippen LogP contribution in [0, 0.1) is 0 Å². The lowest BCUT2D eigenvalue weighted by Crippen LogP contribution is -2.00. The fourth-order valence-corrected chi connectivity index (χ4v) is 4.87. The average Bonchev–Trinajstić information content (AvgIpc) is 3.23. The van der Waals surface area contributed by atoms with Crippen LogP contribution in [0.5, 0.6) is 5.75 Å². The molecule has 3 aromatic heterocycles. The number of nitrogens with zero attached hydrogens (tertiary/aromatic N) is 4. The van der Waals surface area contributed by atoms with E-state index in [0.29, 0.717) is 10.2 Å². The van der Waals surface area contributed by atoms with Crippen molar-refractivity contribution in [2.75, 3.05) is 13.4 Å². The molecule has 0 N–H and O–H groups in total. The van der Waals surface area contributed by atoms with Gasteiger partial charge in [0.15, 0.2) is 14.9 Å². The van der Waals surface area contributed by atoms with E-state index in [4.69, 9.17) is 4.74 Å². The maximum atomic E-state index is 12.0. The fraction of sp³-hybridized carbons (Fsp3) is 0.167. The topological polar surface area (TPSA) is 87.0 Å². The molecule has 0 saturated carbocycles. The summed E-state index contributed by atoms with van der Waals surface area (Å²) in [5.41, 5.74) is 2.64. The van der Waals surface area contributed by atoms with E-state index in [0.717, 1.165) is 33.8 Å². The molecule has 0 amide bonds. The van der Waals surface area contributed by atoms with Gasteiger partial charge >= 0.3 is 0 Å². The first-order valence-electron chi connectivity index (χ1n) is 7.99. The Labute approximate surface area is 160 Å². The molecule has 0 fully saturated rings. The Kier molecular flexibility index (Phi) is 4.20. The van der Waals surface area contributed by atoms with Gasteiger partial charge in [0.2, 0.25) is 0 Å². The summed E-state index contributed by atoms with van der Waals surface area (Å²) in [6, 6.07) is 9.47. The van der Waals surface area contributed by atoms with Crippen molar-refractivity contribution < 1.29 is 13.2 Å². The van der Waals surface area contributed by atoms with E-state index in [2.05, 4.69) is 15.0 Å². The lowest BCUT2D eigenvalue weighted by molar-refractivity contribution is 0.415. The summed E-state index contributed by atoms with van der Waals surface area (Å²) in [5, 5.41) is 0.574. The maximum Gasteiger partial charge on any atom is 0.193 e. The zero-order valence-electron chi connectivity index (χ0n) is 14.9. The number of ether oxygens (including phenoxy) is 1. The lowest BCUT2D eigenvalue weighted by Gasteiger charge is -2.05. The van der Waals surface area contributed by atoms with Gasteiger partial charge in [-0.2, -0.15) is 0 Å². The molecular weight excluding hydrogens is 384 g/mol. The smallest absolute Gasteiger partial charge is 0.193 e. The van der Waals surface area contributed by atoms with E-state index in [1.165, 1.54) is 17.7 Å². The molecule has 138 valence electrons. The van der Waals surface area contributed by atoms with Crippen LogP contribution >= 0.6 is 11.3 Å². The lowest BCUT2D eigenvalue weighted by atomic mass is 10.1. The Bertz CT molecular complexity index is 1240. The Hall–Kier alpha value is -2.78. The van der Waals surface area contributed by atoms with Crippen molar-refractivity contribution in [3.8, 4) is 27.6 Å². The van der Waals surface area contributed by atoms with Gasteiger partial charge in [-0.1, -0.05) is 0 Å².